The van der Waals surface area contributed by atoms with Crippen LogP contribution < -0.4 is 0 Å². The van der Waals surface area contributed by atoms with Gasteiger partial charge in [0.2, 0.25) is 0 Å². The van der Waals surface area contributed by atoms with Gasteiger partial charge in [-0.15, -0.1) is 0 Å². The number of benzene rings is 1. The molecule has 0 unspecified atom stereocenters. The number of rotatable bonds is 3. The maximum Gasteiger partial charge on any atom is 0.185 e. The zero-order valence-electron chi connectivity index (χ0n) is 10.7. The minimum atomic E-state index is 0.326. The molecular formula is C15H11BrN2O2. The lowest BCUT2D eigenvalue weighted by Gasteiger charge is -2.05. The van der Waals surface area contributed by atoms with Crippen molar-refractivity contribution in [2.45, 2.75) is 0 Å². The average molecular weight is 331 g/mol. The highest BCUT2D eigenvalue weighted by atomic mass is 79.9. The Balaban J connectivity index is 2.08. The molecule has 0 saturated carbocycles. The minimum Gasteiger partial charge on any atom is -0.453 e. The smallest absolute Gasteiger partial charge is 0.185 e. The van der Waals surface area contributed by atoms with E-state index in [1.165, 1.54) is 0 Å². The summed E-state index contributed by atoms with van der Waals surface area (Å²) in [4.78, 5) is 10.7. The first kappa shape index (κ1) is 12.9. The molecule has 2 aromatic heterocycles. The molecule has 0 aliphatic heterocycles. The van der Waals surface area contributed by atoms with E-state index in [0.717, 1.165) is 21.3 Å². The Morgan fingerprint density at radius 1 is 1.25 bits per heavy atom. The van der Waals surface area contributed by atoms with Crippen molar-refractivity contribution in [2.75, 3.05) is 0 Å². The quantitative estimate of drug-likeness (QED) is 0.684. The highest BCUT2D eigenvalue weighted by molar-refractivity contribution is 9.10. The van der Waals surface area contributed by atoms with Gasteiger partial charge in [0, 0.05) is 18.2 Å². The largest absolute Gasteiger partial charge is 0.453 e. The average Bonchev–Trinajstić information content (AvgIpc) is 3.06. The molecule has 0 spiro atoms. The van der Waals surface area contributed by atoms with Crippen molar-refractivity contribution < 1.29 is 9.21 Å². The van der Waals surface area contributed by atoms with E-state index in [2.05, 4.69) is 21.0 Å². The van der Waals surface area contributed by atoms with Crippen LogP contribution in [0.2, 0.25) is 0 Å². The van der Waals surface area contributed by atoms with E-state index < -0.39 is 0 Å². The van der Waals surface area contributed by atoms with Crippen molar-refractivity contribution in [3.05, 3.63) is 52.8 Å². The summed E-state index contributed by atoms with van der Waals surface area (Å²) < 4.78 is 8.19. The fraction of sp³-hybridized carbons (Fsp3) is 0.0667. The van der Waals surface area contributed by atoms with Crippen LogP contribution in [0.4, 0.5) is 0 Å². The highest BCUT2D eigenvalue weighted by Gasteiger charge is 2.11. The molecule has 1 aromatic carbocycles. The number of hydrogen-bond acceptors (Lipinski definition) is 3. The number of furan rings is 1. The fourth-order valence-corrected chi connectivity index (χ4v) is 2.70. The molecule has 2 heterocycles. The van der Waals surface area contributed by atoms with E-state index >= 15 is 0 Å². The second-order valence-corrected chi connectivity index (χ2v) is 5.22. The summed E-state index contributed by atoms with van der Waals surface area (Å²) in [6, 6.07) is 11.4. The molecule has 100 valence electrons. The molecule has 0 saturated heterocycles. The molecule has 5 heteroatoms. The van der Waals surface area contributed by atoms with Crippen molar-refractivity contribution in [1.82, 2.24) is 9.78 Å². The monoisotopic (exact) mass is 330 g/mol. The number of aromatic nitrogens is 2. The lowest BCUT2D eigenvalue weighted by molar-refractivity contribution is 0.110. The van der Waals surface area contributed by atoms with Gasteiger partial charge in [-0.1, -0.05) is 18.2 Å². The number of carbonyl (C=O) groups excluding carboxylic acids is 1. The van der Waals surface area contributed by atoms with Crippen LogP contribution in [0, 0.1) is 0 Å². The lowest BCUT2D eigenvalue weighted by atomic mass is 10.1. The molecule has 0 atom stereocenters. The van der Waals surface area contributed by atoms with Crippen LogP contribution in [0.5, 0.6) is 0 Å². The molecule has 3 rings (SSSR count). The van der Waals surface area contributed by atoms with Gasteiger partial charge in [-0.2, -0.15) is 5.10 Å². The Kier molecular flexibility index (Phi) is 3.28. The van der Waals surface area contributed by atoms with Crippen molar-refractivity contribution in [2.24, 2.45) is 7.05 Å². The molecule has 4 nitrogen and oxygen atoms in total. The van der Waals surface area contributed by atoms with Crippen LogP contribution in [0.15, 0.2) is 51.5 Å². The Morgan fingerprint density at radius 2 is 2.05 bits per heavy atom. The maximum atomic E-state index is 10.7. The lowest BCUT2D eigenvalue weighted by Crippen LogP contribution is -1.93. The SMILES string of the molecule is Cn1ncc(Br)c1-c1cccc(-c2ccc(C=O)o2)c1. The first-order chi connectivity index (χ1) is 9.69. The number of hydrogen-bond donors (Lipinski definition) is 0. The van der Waals surface area contributed by atoms with Gasteiger partial charge >= 0.3 is 0 Å². The van der Waals surface area contributed by atoms with Crippen LogP contribution in [0.1, 0.15) is 10.6 Å². The summed E-state index contributed by atoms with van der Waals surface area (Å²) in [6.45, 7) is 0. The predicted octanol–water partition coefficient (Wildman–Crippen LogP) is 3.92. The van der Waals surface area contributed by atoms with Gasteiger partial charge in [-0.25, -0.2) is 0 Å². The Bertz CT molecular complexity index is 754. The van der Waals surface area contributed by atoms with Crippen molar-refractivity contribution in [1.29, 1.82) is 0 Å². The minimum absolute atomic E-state index is 0.326. The van der Waals surface area contributed by atoms with Gasteiger partial charge in [-0.05, 0) is 34.1 Å². The molecule has 0 aliphatic rings. The van der Waals surface area contributed by atoms with E-state index in [1.54, 1.807) is 18.3 Å². The molecule has 0 aliphatic carbocycles. The summed E-state index contributed by atoms with van der Waals surface area (Å²) in [5, 5.41) is 4.21. The second kappa shape index (κ2) is 5.09. The summed E-state index contributed by atoms with van der Waals surface area (Å²) in [5.74, 6) is 0.999. The third-order valence-corrected chi connectivity index (χ3v) is 3.64. The molecule has 0 fully saturated rings. The predicted molar refractivity (Wildman–Crippen MR) is 79.4 cm³/mol. The number of carbonyl (C=O) groups is 1. The van der Waals surface area contributed by atoms with Crippen molar-refractivity contribution in [3.63, 3.8) is 0 Å². The number of halogens is 1. The molecule has 0 radical (unpaired) electrons. The topological polar surface area (TPSA) is 48.0 Å². The third kappa shape index (κ3) is 2.20. The fourth-order valence-electron chi connectivity index (χ4n) is 2.13. The van der Waals surface area contributed by atoms with Crippen LogP contribution in [0.25, 0.3) is 22.6 Å². The van der Waals surface area contributed by atoms with Gasteiger partial charge < -0.3 is 4.42 Å². The molecule has 0 bridgehead atoms. The van der Waals surface area contributed by atoms with Gasteiger partial charge in [0.05, 0.1) is 16.4 Å². The van der Waals surface area contributed by atoms with Gasteiger partial charge in [0.15, 0.2) is 12.0 Å². The zero-order valence-corrected chi connectivity index (χ0v) is 12.3. The number of aryl methyl sites for hydroxylation is 1. The number of nitrogens with zero attached hydrogens (tertiary/aromatic N) is 2. The van der Waals surface area contributed by atoms with Gasteiger partial charge in [0.1, 0.15) is 5.76 Å². The van der Waals surface area contributed by atoms with E-state index in [4.69, 9.17) is 4.42 Å². The summed E-state index contributed by atoms with van der Waals surface area (Å²) >= 11 is 3.50. The van der Waals surface area contributed by atoms with Crippen LogP contribution >= 0.6 is 15.9 Å². The molecule has 0 N–H and O–H groups in total. The maximum absolute atomic E-state index is 10.7. The van der Waals surface area contributed by atoms with Crippen LogP contribution in [-0.2, 0) is 7.05 Å². The van der Waals surface area contributed by atoms with Crippen LogP contribution in [-0.4, -0.2) is 16.1 Å². The number of aldehydes is 1. The first-order valence-corrected chi connectivity index (χ1v) is 6.81. The Labute approximate surface area is 124 Å². The van der Waals surface area contributed by atoms with E-state index in [9.17, 15) is 4.79 Å². The van der Waals surface area contributed by atoms with Crippen LogP contribution in [0.3, 0.4) is 0 Å². The molecule has 0 amide bonds. The standard InChI is InChI=1S/C15H11BrN2O2/c1-18-15(13(16)8-17-18)11-4-2-3-10(7-11)14-6-5-12(9-19)20-14/h2-9H,1H3. The molecule has 20 heavy (non-hydrogen) atoms. The highest BCUT2D eigenvalue weighted by Crippen LogP contribution is 2.31. The van der Waals surface area contributed by atoms with Crippen molar-refractivity contribution >= 4 is 22.2 Å². The Morgan fingerprint density at radius 3 is 2.70 bits per heavy atom. The Hall–Kier alpha value is -2.14. The first-order valence-electron chi connectivity index (χ1n) is 6.02. The van der Waals surface area contributed by atoms with E-state index in [-0.39, 0.29) is 0 Å². The van der Waals surface area contributed by atoms with Gasteiger partial charge in [0.25, 0.3) is 0 Å². The van der Waals surface area contributed by atoms with E-state index in [1.807, 2.05) is 36.0 Å². The normalized spacial score (nSPS) is 10.7. The third-order valence-electron chi connectivity index (χ3n) is 3.06. The zero-order chi connectivity index (χ0) is 14.1. The van der Waals surface area contributed by atoms with Gasteiger partial charge in [-0.3, -0.25) is 9.48 Å². The van der Waals surface area contributed by atoms with Crippen molar-refractivity contribution in [3.8, 4) is 22.6 Å². The summed E-state index contributed by atoms with van der Waals surface area (Å²) in [6.07, 6.45) is 2.46. The second-order valence-electron chi connectivity index (χ2n) is 4.37. The molecular weight excluding hydrogens is 320 g/mol. The van der Waals surface area contributed by atoms with E-state index in [0.29, 0.717) is 17.8 Å². The molecule has 3 aromatic rings. The summed E-state index contributed by atoms with van der Waals surface area (Å²) in [7, 11) is 1.89. The summed E-state index contributed by atoms with van der Waals surface area (Å²) in [5.41, 5.74) is 2.94.